The van der Waals surface area contributed by atoms with Gasteiger partial charge in [0.1, 0.15) is 12.2 Å². The van der Waals surface area contributed by atoms with E-state index < -0.39 is 30.0 Å². The van der Waals surface area contributed by atoms with Crippen molar-refractivity contribution in [1.82, 2.24) is 0 Å². The fraction of sp³-hybridized carbons (Fsp3) is 0.829. The van der Waals surface area contributed by atoms with Crippen molar-refractivity contribution in [2.24, 2.45) is 46.3 Å². The summed E-state index contributed by atoms with van der Waals surface area (Å²) < 4.78 is 11.9. The smallest absolute Gasteiger partial charge is 0.306 e. The molecule has 0 aromatic carbocycles. The van der Waals surface area contributed by atoms with E-state index in [1.54, 1.807) is 0 Å². The van der Waals surface area contributed by atoms with Crippen LogP contribution < -0.4 is 0 Å². The zero-order valence-electron chi connectivity index (χ0n) is 26.9. The summed E-state index contributed by atoms with van der Waals surface area (Å²) in [6.07, 6.45) is 11.1. The molecule has 4 aliphatic rings. The van der Waals surface area contributed by atoms with E-state index in [0.29, 0.717) is 30.1 Å². The first-order valence-corrected chi connectivity index (χ1v) is 16.8. The number of hydrogen-bond acceptors (Lipinski definition) is 6. The molecule has 0 spiro atoms. The molecule has 8 heteroatoms. The average Bonchev–Trinajstić information content (AvgIpc) is 3.28. The topological polar surface area (TPSA) is 127 Å². The van der Waals surface area contributed by atoms with Crippen molar-refractivity contribution >= 4 is 23.9 Å². The minimum atomic E-state index is -1.02. The molecule has 9 atom stereocenters. The fourth-order valence-electron chi connectivity index (χ4n) is 9.70. The summed E-state index contributed by atoms with van der Waals surface area (Å²) >= 11 is 0. The van der Waals surface area contributed by atoms with Crippen molar-refractivity contribution in [3.05, 3.63) is 11.6 Å². The first kappa shape index (κ1) is 33.5. The van der Waals surface area contributed by atoms with Crippen molar-refractivity contribution in [1.29, 1.82) is 0 Å². The summed E-state index contributed by atoms with van der Waals surface area (Å²) in [7, 11) is 0. The molecule has 0 aliphatic heterocycles. The van der Waals surface area contributed by atoms with Crippen LogP contribution in [0.4, 0.5) is 0 Å². The monoisotopic (exact) mass is 602 g/mol. The third-order valence-electron chi connectivity index (χ3n) is 11.9. The summed E-state index contributed by atoms with van der Waals surface area (Å²) in [5, 5.41) is 18.1. The van der Waals surface area contributed by atoms with Gasteiger partial charge in [0.25, 0.3) is 0 Å². The van der Waals surface area contributed by atoms with Crippen LogP contribution in [-0.4, -0.2) is 46.3 Å². The zero-order valence-corrected chi connectivity index (χ0v) is 26.9. The van der Waals surface area contributed by atoms with E-state index >= 15 is 0 Å². The van der Waals surface area contributed by atoms with Gasteiger partial charge in [0.2, 0.25) is 0 Å². The highest BCUT2D eigenvalue weighted by Gasteiger charge is 2.62. The Kier molecular flexibility index (Phi) is 10.7. The number of hydrogen-bond donors (Lipinski definition) is 2. The lowest BCUT2D eigenvalue weighted by molar-refractivity contribution is -0.164. The lowest BCUT2D eigenvalue weighted by atomic mass is 9.46. The Morgan fingerprint density at radius 1 is 0.837 bits per heavy atom. The van der Waals surface area contributed by atoms with Crippen molar-refractivity contribution < 1.29 is 38.9 Å². The molecule has 43 heavy (non-hydrogen) atoms. The first-order chi connectivity index (χ1) is 20.2. The molecule has 0 bridgehead atoms. The fourth-order valence-corrected chi connectivity index (χ4v) is 9.70. The molecule has 0 heterocycles. The Hall–Kier alpha value is -2.38. The van der Waals surface area contributed by atoms with Gasteiger partial charge in [0.15, 0.2) is 0 Å². The van der Waals surface area contributed by atoms with E-state index in [-0.39, 0.29) is 48.5 Å². The minimum absolute atomic E-state index is 0.0824. The maximum absolute atomic E-state index is 13.0. The molecule has 3 saturated carbocycles. The number of rotatable bonds is 13. The lowest BCUT2D eigenvalue weighted by Gasteiger charge is -2.59. The molecule has 1 unspecified atom stereocenters. The summed E-state index contributed by atoms with van der Waals surface area (Å²) in [4.78, 5) is 47.4. The molecular weight excluding hydrogens is 548 g/mol. The van der Waals surface area contributed by atoms with Crippen LogP contribution in [0.5, 0.6) is 0 Å². The second-order valence-corrected chi connectivity index (χ2v) is 15.0. The van der Waals surface area contributed by atoms with Gasteiger partial charge >= 0.3 is 23.9 Å². The molecule has 8 nitrogen and oxygen atoms in total. The van der Waals surface area contributed by atoms with Crippen molar-refractivity contribution in [3.63, 3.8) is 0 Å². The number of carbonyl (C=O) groups is 4. The Morgan fingerprint density at radius 2 is 1.49 bits per heavy atom. The molecule has 0 amide bonds. The molecule has 0 aromatic heterocycles. The Morgan fingerprint density at radius 3 is 2.12 bits per heavy atom. The molecule has 4 aliphatic carbocycles. The van der Waals surface area contributed by atoms with Gasteiger partial charge in [-0.25, -0.2) is 0 Å². The van der Waals surface area contributed by atoms with Crippen molar-refractivity contribution in [2.75, 3.05) is 0 Å². The van der Waals surface area contributed by atoms with Crippen LogP contribution in [0.2, 0.25) is 0 Å². The zero-order chi connectivity index (χ0) is 31.5. The molecule has 0 aromatic rings. The maximum atomic E-state index is 13.0. The van der Waals surface area contributed by atoms with Gasteiger partial charge in [-0.2, -0.15) is 0 Å². The number of carboxylic acid groups (broad SMARTS) is 2. The van der Waals surface area contributed by atoms with E-state index in [1.165, 1.54) is 25.7 Å². The van der Waals surface area contributed by atoms with Crippen LogP contribution in [0, 0.1) is 46.3 Å². The van der Waals surface area contributed by atoms with Gasteiger partial charge in [-0.1, -0.05) is 59.5 Å². The predicted octanol–water partition coefficient (Wildman–Crippen LogP) is 7.19. The van der Waals surface area contributed by atoms with Crippen molar-refractivity contribution in [2.45, 2.75) is 137 Å². The van der Waals surface area contributed by atoms with E-state index in [1.807, 2.05) is 0 Å². The van der Waals surface area contributed by atoms with Crippen LogP contribution in [0.3, 0.4) is 0 Å². The lowest BCUT2D eigenvalue weighted by Crippen LogP contribution is -2.55. The molecular formula is C35H54O8. The normalized spacial score (nSPS) is 35.6. The molecule has 242 valence electrons. The third-order valence-corrected chi connectivity index (χ3v) is 11.9. The Labute approximate surface area is 257 Å². The second kappa shape index (κ2) is 13.7. The van der Waals surface area contributed by atoms with E-state index in [9.17, 15) is 19.2 Å². The summed E-state index contributed by atoms with van der Waals surface area (Å²) in [6.45, 7) is 11.8. The van der Waals surface area contributed by atoms with E-state index in [4.69, 9.17) is 19.7 Å². The first-order valence-electron chi connectivity index (χ1n) is 16.8. The largest absolute Gasteiger partial charge is 0.481 e. The van der Waals surface area contributed by atoms with Gasteiger partial charge in [-0.15, -0.1) is 0 Å². The van der Waals surface area contributed by atoms with Crippen LogP contribution in [0.15, 0.2) is 11.6 Å². The van der Waals surface area contributed by atoms with Gasteiger partial charge in [0.05, 0.1) is 25.7 Å². The van der Waals surface area contributed by atoms with E-state index in [2.05, 4.69) is 40.7 Å². The van der Waals surface area contributed by atoms with Gasteiger partial charge in [0, 0.05) is 12.3 Å². The Balaban J connectivity index is 1.57. The van der Waals surface area contributed by atoms with Gasteiger partial charge in [-0.05, 0) is 85.0 Å². The van der Waals surface area contributed by atoms with Crippen LogP contribution in [0.1, 0.15) is 125 Å². The van der Waals surface area contributed by atoms with Crippen molar-refractivity contribution in [3.8, 4) is 0 Å². The van der Waals surface area contributed by atoms with Gasteiger partial charge in [-0.3, -0.25) is 19.2 Å². The maximum Gasteiger partial charge on any atom is 0.306 e. The summed E-state index contributed by atoms with van der Waals surface area (Å²) in [6, 6.07) is 0. The highest BCUT2D eigenvalue weighted by atomic mass is 16.5. The van der Waals surface area contributed by atoms with Crippen LogP contribution in [-0.2, 0) is 28.7 Å². The summed E-state index contributed by atoms with van der Waals surface area (Å²) in [5.41, 5.74) is 1.26. The van der Waals surface area contributed by atoms with Crippen LogP contribution >= 0.6 is 0 Å². The molecule has 4 rings (SSSR count). The highest BCUT2D eigenvalue weighted by Crippen LogP contribution is 2.67. The average molecular weight is 603 g/mol. The quantitative estimate of drug-likeness (QED) is 0.167. The molecule has 0 radical (unpaired) electrons. The standard InChI is InChI=1S/C35H54O8/c1-21(2)7-6-8-22(3)25-9-10-26-33-27(16-18-35(25,26)5)34(4)17-15-24(42-31(40)13-11-29(36)37)19-23(34)20-28(33)43-32(41)14-12-30(38)39/h20-22,24-28,33H,6-19H2,1-5H3,(H,36,37)(H,38,39)/t22-,24+,25?,26+,27+,28+,33+,34+,35-/m1/s1. The number of fused-ring (bicyclic) bond motifs is 5. The number of esters is 2. The number of carbonyl (C=O) groups excluding carboxylic acids is 2. The minimum Gasteiger partial charge on any atom is -0.481 e. The SMILES string of the molecule is CC(C)CCC[C@@H](C)C1CC[C@H]2[C@@H]3[C@@H](OC(=O)CCC(=O)O)C=C4C[C@@H](OC(=O)CCC(=O)O)CC[C@]4(C)[C@H]3CC[C@]12C. The van der Waals surface area contributed by atoms with Crippen LogP contribution in [0.25, 0.3) is 0 Å². The number of aliphatic carboxylic acids is 2. The second-order valence-electron chi connectivity index (χ2n) is 15.0. The molecule has 3 fully saturated rings. The Bertz CT molecular complexity index is 1080. The highest BCUT2D eigenvalue weighted by molar-refractivity contribution is 5.77. The number of ether oxygens (including phenoxy) is 2. The molecule has 2 N–H and O–H groups in total. The summed E-state index contributed by atoms with van der Waals surface area (Å²) in [5.74, 6) is -0.0277. The third kappa shape index (κ3) is 7.47. The predicted molar refractivity (Wildman–Crippen MR) is 162 cm³/mol. The van der Waals surface area contributed by atoms with Gasteiger partial charge < -0.3 is 19.7 Å². The van der Waals surface area contributed by atoms with E-state index in [0.717, 1.165) is 43.6 Å². The number of carboxylic acids is 2. The molecule has 0 saturated heterocycles.